The summed E-state index contributed by atoms with van der Waals surface area (Å²) < 4.78 is 83.0. The van der Waals surface area contributed by atoms with Crippen molar-refractivity contribution in [1.29, 1.82) is 0 Å². The Labute approximate surface area is 175 Å². The number of rotatable bonds is 4. The van der Waals surface area contributed by atoms with E-state index in [4.69, 9.17) is 4.74 Å². The highest BCUT2D eigenvalue weighted by molar-refractivity contribution is 5.83. The summed E-state index contributed by atoms with van der Waals surface area (Å²) in [6.07, 6.45) is -11.0. The Morgan fingerprint density at radius 1 is 0.871 bits per heavy atom. The second-order valence-electron chi connectivity index (χ2n) is 8.37. The Morgan fingerprint density at radius 2 is 1.35 bits per heavy atom. The van der Waals surface area contributed by atoms with Gasteiger partial charge in [-0.05, 0) is 44.5 Å². The van der Waals surface area contributed by atoms with Crippen molar-refractivity contribution in [2.45, 2.75) is 45.1 Å². The molecule has 1 aliphatic heterocycles. The van der Waals surface area contributed by atoms with Gasteiger partial charge in [-0.15, -0.1) is 0 Å². The minimum atomic E-state index is -4.96. The van der Waals surface area contributed by atoms with Gasteiger partial charge in [0.05, 0.1) is 17.7 Å². The van der Waals surface area contributed by atoms with Gasteiger partial charge < -0.3 is 9.64 Å². The fourth-order valence-electron chi connectivity index (χ4n) is 3.07. The van der Waals surface area contributed by atoms with Gasteiger partial charge in [-0.1, -0.05) is 0 Å². The minimum absolute atomic E-state index is 0.0316. The summed E-state index contributed by atoms with van der Waals surface area (Å²) in [6.45, 7) is 6.32. The third kappa shape index (κ3) is 7.71. The molecule has 174 valence electrons. The molecule has 1 fully saturated rings. The molecular weight excluding hydrogens is 430 g/mol. The van der Waals surface area contributed by atoms with E-state index >= 15 is 0 Å². The number of ether oxygens (including phenoxy) is 1. The number of halogens is 6. The Bertz CT molecular complexity index is 774. The lowest BCUT2D eigenvalue weighted by molar-refractivity contribution is -0.143. The summed E-state index contributed by atoms with van der Waals surface area (Å²) >= 11 is 0. The molecule has 31 heavy (non-hydrogen) atoms. The number of amides is 1. The Kier molecular flexibility index (Phi) is 7.29. The molecule has 1 heterocycles. The first-order chi connectivity index (χ1) is 14.0. The van der Waals surface area contributed by atoms with Crippen molar-refractivity contribution < 1.29 is 40.7 Å². The van der Waals surface area contributed by atoms with Crippen LogP contribution in [0.3, 0.4) is 0 Å². The largest absolute Gasteiger partial charge is 0.444 e. The maximum Gasteiger partial charge on any atom is 0.416 e. The van der Waals surface area contributed by atoms with Crippen LogP contribution in [-0.2, 0) is 28.3 Å². The molecule has 0 aliphatic carbocycles. The molecule has 0 bridgehead atoms. The maximum absolute atomic E-state index is 12.9. The first-order valence-electron chi connectivity index (χ1n) is 9.55. The smallest absolute Gasteiger partial charge is 0.416 e. The van der Waals surface area contributed by atoms with Crippen molar-refractivity contribution in [3.05, 3.63) is 34.9 Å². The highest BCUT2D eigenvalue weighted by Gasteiger charge is 2.37. The average Bonchev–Trinajstić information content (AvgIpc) is 2.59. The summed E-state index contributed by atoms with van der Waals surface area (Å²) in [5.74, 6) is -0.516. The maximum atomic E-state index is 12.9. The third-order valence-corrected chi connectivity index (χ3v) is 4.47. The Morgan fingerprint density at radius 3 is 1.77 bits per heavy atom. The zero-order valence-electron chi connectivity index (χ0n) is 17.4. The molecule has 5 nitrogen and oxygen atoms in total. The first kappa shape index (κ1) is 25.0. The lowest BCUT2D eigenvalue weighted by atomic mass is 10.0. The van der Waals surface area contributed by atoms with Crippen LogP contribution in [-0.4, -0.2) is 60.0 Å². The van der Waals surface area contributed by atoms with Crippen LogP contribution in [0, 0.1) is 0 Å². The van der Waals surface area contributed by atoms with Gasteiger partial charge >= 0.3 is 18.4 Å². The lowest BCUT2D eigenvalue weighted by Crippen LogP contribution is -2.51. The predicted molar refractivity (Wildman–Crippen MR) is 99.4 cm³/mol. The highest BCUT2D eigenvalue weighted by Crippen LogP contribution is 2.36. The van der Waals surface area contributed by atoms with E-state index in [1.54, 1.807) is 25.7 Å². The number of nitrogens with zero attached hydrogens (tertiary/aromatic N) is 2. The molecule has 0 atom stereocenters. The molecule has 1 aromatic carbocycles. The molecule has 1 aromatic rings. The third-order valence-electron chi connectivity index (χ3n) is 4.47. The highest BCUT2D eigenvalue weighted by atomic mass is 19.4. The lowest BCUT2D eigenvalue weighted by Gasteiger charge is -2.35. The van der Waals surface area contributed by atoms with Crippen LogP contribution < -0.4 is 0 Å². The van der Waals surface area contributed by atoms with Gasteiger partial charge in [-0.3, -0.25) is 9.69 Å². The molecule has 0 radical (unpaired) electrons. The van der Waals surface area contributed by atoms with Crippen molar-refractivity contribution in [2.24, 2.45) is 0 Å². The van der Waals surface area contributed by atoms with Crippen molar-refractivity contribution in [1.82, 2.24) is 9.80 Å². The molecule has 1 saturated heterocycles. The number of ketones is 1. The van der Waals surface area contributed by atoms with Crippen LogP contribution in [0.1, 0.15) is 37.5 Å². The standard InChI is InChI=1S/C20H24F6N2O3/c1-18(2,3)31-17(30)28-6-4-27(5-7-28)12-16(29)10-13-8-14(19(21,22)23)11-15(9-13)20(24,25)26/h8-9,11H,4-7,10,12H2,1-3H3. The molecule has 1 aliphatic rings. The second kappa shape index (κ2) is 9.05. The quantitative estimate of drug-likeness (QED) is 0.634. The first-order valence-corrected chi connectivity index (χ1v) is 9.55. The molecule has 0 saturated carbocycles. The van der Waals surface area contributed by atoms with E-state index in [1.807, 2.05) is 0 Å². The number of piperazine rings is 1. The molecule has 0 N–H and O–H groups in total. The number of carbonyl (C=O) groups excluding carboxylic acids is 2. The number of carbonyl (C=O) groups is 2. The van der Waals surface area contributed by atoms with E-state index in [-0.39, 0.29) is 18.2 Å². The summed E-state index contributed by atoms with van der Waals surface area (Å²) in [5.41, 5.74) is -3.89. The van der Waals surface area contributed by atoms with Gasteiger partial charge in [-0.2, -0.15) is 26.3 Å². The van der Waals surface area contributed by atoms with Crippen LogP contribution in [0.15, 0.2) is 18.2 Å². The van der Waals surface area contributed by atoms with Gasteiger partial charge in [0, 0.05) is 32.6 Å². The van der Waals surface area contributed by atoms with Gasteiger partial charge in [0.1, 0.15) is 5.60 Å². The molecule has 0 aromatic heterocycles. The van der Waals surface area contributed by atoms with Crippen molar-refractivity contribution in [3.8, 4) is 0 Å². The van der Waals surface area contributed by atoms with Crippen molar-refractivity contribution >= 4 is 11.9 Å². The summed E-state index contributed by atoms with van der Waals surface area (Å²) in [7, 11) is 0. The number of hydrogen-bond donors (Lipinski definition) is 0. The SMILES string of the molecule is CC(C)(C)OC(=O)N1CCN(CC(=O)Cc2cc(C(F)(F)F)cc(C(F)(F)F)c2)CC1. The van der Waals surface area contributed by atoms with E-state index in [0.717, 1.165) is 0 Å². The minimum Gasteiger partial charge on any atom is -0.444 e. The van der Waals surface area contributed by atoms with Crippen molar-refractivity contribution in [3.63, 3.8) is 0 Å². The zero-order valence-corrected chi connectivity index (χ0v) is 17.4. The predicted octanol–water partition coefficient (Wildman–Crippen LogP) is 4.39. The molecular formula is C20H24F6N2O3. The van der Waals surface area contributed by atoms with E-state index in [1.165, 1.54) is 4.90 Å². The summed E-state index contributed by atoms with van der Waals surface area (Å²) in [4.78, 5) is 27.5. The Balaban J connectivity index is 1.98. The molecule has 0 spiro atoms. The van der Waals surface area contributed by atoms with Crippen LogP contribution in [0.2, 0.25) is 0 Å². The summed E-state index contributed by atoms with van der Waals surface area (Å²) in [5, 5.41) is 0. The van der Waals surface area contributed by atoms with E-state index in [2.05, 4.69) is 0 Å². The molecule has 11 heteroatoms. The Hall–Kier alpha value is -2.30. The van der Waals surface area contributed by atoms with Gasteiger partial charge in [0.15, 0.2) is 5.78 Å². The number of hydrogen-bond acceptors (Lipinski definition) is 4. The van der Waals surface area contributed by atoms with Gasteiger partial charge in [-0.25, -0.2) is 4.79 Å². The monoisotopic (exact) mass is 454 g/mol. The average molecular weight is 454 g/mol. The summed E-state index contributed by atoms with van der Waals surface area (Å²) in [6, 6.07) is 1.16. The van der Waals surface area contributed by atoms with Crippen molar-refractivity contribution in [2.75, 3.05) is 32.7 Å². The molecule has 1 amide bonds. The normalized spacial score (nSPS) is 16.4. The van der Waals surface area contributed by atoms with Crippen LogP contribution in [0.4, 0.5) is 31.1 Å². The van der Waals surface area contributed by atoms with Gasteiger partial charge in [0.25, 0.3) is 0 Å². The number of benzene rings is 1. The fraction of sp³-hybridized carbons (Fsp3) is 0.600. The van der Waals surface area contributed by atoms with Crippen LogP contribution in [0.25, 0.3) is 0 Å². The topological polar surface area (TPSA) is 49.9 Å². The second-order valence-corrected chi connectivity index (χ2v) is 8.37. The van der Waals surface area contributed by atoms with E-state index in [0.29, 0.717) is 38.3 Å². The molecule has 0 unspecified atom stereocenters. The zero-order chi connectivity index (χ0) is 23.6. The number of Topliss-reactive ketones (excluding diaryl/α,β-unsaturated/α-hetero) is 1. The molecule has 2 rings (SSSR count). The van der Waals surface area contributed by atoms with Crippen LogP contribution in [0.5, 0.6) is 0 Å². The fourth-order valence-corrected chi connectivity index (χ4v) is 3.07. The van der Waals surface area contributed by atoms with Crippen LogP contribution >= 0.6 is 0 Å². The number of alkyl halides is 6. The van der Waals surface area contributed by atoms with E-state index < -0.39 is 47.4 Å². The van der Waals surface area contributed by atoms with Gasteiger partial charge in [0.2, 0.25) is 0 Å². The van der Waals surface area contributed by atoms with E-state index in [9.17, 15) is 35.9 Å².